The van der Waals surface area contributed by atoms with Crippen LogP contribution in [-0.4, -0.2) is 32.9 Å². The summed E-state index contributed by atoms with van der Waals surface area (Å²) in [6.45, 7) is 0.00474. The zero-order chi connectivity index (χ0) is 12.2. The van der Waals surface area contributed by atoms with Crippen molar-refractivity contribution in [3.05, 3.63) is 12.2 Å². The lowest BCUT2D eigenvalue weighted by molar-refractivity contribution is -0.121. The maximum absolute atomic E-state index is 11.3. The van der Waals surface area contributed by atoms with Crippen LogP contribution in [0.15, 0.2) is 12.2 Å². The summed E-state index contributed by atoms with van der Waals surface area (Å²) in [6, 6.07) is 0. The Hall–Kier alpha value is -0.610. The molecule has 0 aliphatic heterocycles. The fourth-order valence-electron chi connectivity index (χ4n) is 0.946. The highest BCUT2D eigenvalue weighted by molar-refractivity contribution is 7.41. The van der Waals surface area contributed by atoms with Gasteiger partial charge in [-0.1, -0.05) is 6.08 Å². The highest BCUT2D eigenvalue weighted by Gasteiger charge is 2.10. The Morgan fingerprint density at radius 2 is 2.00 bits per heavy atom. The minimum atomic E-state index is -1.39. The van der Waals surface area contributed by atoms with E-state index >= 15 is 0 Å². The third-order valence-corrected chi connectivity index (χ3v) is 2.61. The smallest absolute Gasteiger partial charge is 0.316 e. The van der Waals surface area contributed by atoms with Gasteiger partial charge in [0, 0.05) is 20.6 Å². The fourth-order valence-corrected chi connectivity index (χ4v) is 1.55. The summed E-state index contributed by atoms with van der Waals surface area (Å²) in [5.74, 6) is 0.00102. The van der Waals surface area contributed by atoms with Gasteiger partial charge in [0.2, 0.25) is 0 Å². The van der Waals surface area contributed by atoms with Gasteiger partial charge in [-0.3, -0.25) is 9.59 Å². The molecular formula is C10H17O5P. The standard InChI is InChI=1S/C10H17O5P/c1-13-16(14-2)15-9-10(12)7-5-3-4-6-8-11/h4,6,8H,3,5,7,9H2,1-2H3/b6-4+. The van der Waals surface area contributed by atoms with Crippen LogP contribution >= 0.6 is 8.60 Å². The van der Waals surface area contributed by atoms with E-state index in [0.29, 0.717) is 19.3 Å². The van der Waals surface area contributed by atoms with Crippen LogP contribution in [0.3, 0.4) is 0 Å². The quantitative estimate of drug-likeness (QED) is 0.256. The molecule has 0 fully saturated rings. The van der Waals surface area contributed by atoms with Crippen molar-refractivity contribution in [2.45, 2.75) is 19.3 Å². The Morgan fingerprint density at radius 3 is 2.56 bits per heavy atom. The topological polar surface area (TPSA) is 61.8 Å². The number of carbonyl (C=O) groups is 2. The molecule has 0 aromatic carbocycles. The molecule has 0 N–H and O–H groups in total. The van der Waals surface area contributed by atoms with Crippen LogP contribution in [0.5, 0.6) is 0 Å². The van der Waals surface area contributed by atoms with Crippen LogP contribution in [-0.2, 0) is 23.2 Å². The minimum Gasteiger partial charge on any atom is -0.316 e. The van der Waals surface area contributed by atoms with Crippen molar-refractivity contribution in [2.24, 2.45) is 0 Å². The predicted octanol–water partition coefficient (Wildman–Crippen LogP) is 2.02. The second kappa shape index (κ2) is 10.9. The molecule has 0 radical (unpaired) electrons. The number of allylic oxidation sites excluding steroid dienone is 2. The molecule has 0 heterocycles. The maximum atomic E-state index is 11.3. The molecule has 92 valence electrons. The van der Waals surface area contributed by atoms with Crippen LogP contribution in [0, 0.1) is 0 Å². The van der Waals surface area contributed by atoms with Gasteiger partial charge in [0.15, 0.2) is 5.78 Å². The van der Waals surface area contributed by atoms with E-state index in [4.69, 9.17) is 13.6 Å². The molecule has 0 aromatic rings. The van der Waals surface area contributed by atoms with Gasteiger partial charge in [-0.05, 0) is 18.9 Å². The van der Waals surface area contributed by atoms with Crippen LogP contribution in [0.1, 0.15) is 19.3 Å². The van der Waals surface area contributed by atoms with E-state index in [9.17, 15) is 9.59 Å². The van der Waals surface area contributed by atoms with Crippen molar-refractivity contribution in [3.8, 4) is 0 Å². The van der Waals surface area contributed by atoms with Crippen molar-refractivity contribution >= 4 is 20.7 Å². The van der Waals surface area contributed by atoms with Crippen LogP contribution in [0.4, 0.5) is 0 Å². The number of unbranched alkanes of at least 4 members (excludes halogenated alkanes) is 1. The molecule has 0 aliphatic rings. The minimum absolute atomic E-state index is 0.00102. The van der Waals surface area contributed by atoms with Crippen molar-refractivity contribution in [1.82, 2.24) is 0 Å². The molecule has 5 nitrogen and oxygen atoms in total. The summed E-state index contributed by atoms with van der Waals surface area (Å²) in [5, 5.41) is 0. The van der Waals surface area contributed by atoms with Gasteiger partial charge in [-0.25, -0.2) is 0 Å². The Labute approximate surface area is 96.8 Å². The number of ketones is 1. The van der Waals surface area contributed by atoms with Crippen molar-refractivity contribution in [3.63, 3.8) is 0 Å². The van der Waals surface area contributed by atoms with E-state index in [1.165, 1.54) is 20.3 Å². The van der Waals surface area contributed by atoms with Gasteiger partial charge in [0.25, 0.3) is 0 Å². The highest BCUT2D eigenvalue weighted by atomic mass is 31.2. The predicted molar refractivity (Wildman–Crippen MR) is 61.0 cm³/mol. The van der Waals surface area contributed by atoms with E-state index in [2.05, 4.69) is 0 Å². The number of carbonyl (C=O) groups excluding carboxylic acids is 2. The van der Waals surface area contributed by atoms with Gasteiger partial charge >= 0.3 is 8.60 Å². The first-order valence-corrected chi connectivity index (χ1v) is 5.97. The molecule has 0 rings (SSSR count). The van der Waals surface area contributed by atoms with Gasteiger partial charge in [-0.15, -0.1) is 0 Å². The van der Waals surface area contributed by atoms with E-state index in [-0.39, 0.29) is 12.4 Å². The third kappa shape index (κ3) is 8.68. The van der Waals surface area contributed by atoms with Crippen molar-refractivity contribution < 1.29 is 23.2 Å². The summed E-state index contributed by atoms with van der Waals surface area (Å²) in [5.41, 5.74) is 0. The van der Waals surface area contributed by atoms with Crippen molar-refractivity contribution in [1.29, 1.82) is 0 Å². The van der Waals surface area contributed by atoms with Crippen LogP contribution < -0.4 is 0 Å². The average Bonchev–Trinajstić information content (AvgIpc) is 2.30. The van der Waals surface area contributed by atoms with Crippen LogP contribution in [0.2, 0.25) is 0 Å². The van der Waals surface area contributed by atoms with Gasteiger partial charge in [-0.2, -0.15) is 0 Å². The highest BCUT2D eigenvalue weighted by Crippen LogP contribution is 2.36. The first-order valence-electron chi connectivity index (χ1n) is 4.87. The van der Waals surface area contributed by atoms with Crippen LogP contribution in [0.25, 0.3) is 0 Å². The Morgan fingerprint density at radius 1 is 1.31 bits per heavy atom. The summed E-state index contributed by atoms with van der Waals surface area (Å²) < 4.78 is 14.7. The lowest BCUT2D eigenvalue weighted by Crippen LogP contribution is -2.06. The zero-order valence-electron chi connectivity index (χ0n) is 9.55. The second-order valence-electron chi connectivity index (χ2n) is 2.86. The molecule has 0 aromatic heterocycles. The third-order valence-electron chi connectivity index (χ3n) is 1.67. The molecule has 0 bridgehead atoms. The molecule has 0 saturated carbocycles. The number of aldehydes is 1. The Balaban J connectivity index is 3.51. The lowest BCUT2D eigenvalue weighted by Gasteiger charge is -2.10. The van der Waals surface area contributed by atoms with Crippen molar-refractivity contribution in [2.75, 3.05) is 20.8 Å². The van der Waals surface area contributed by atoms with Gasteiger partial charge in [0.05, 0.1) is 0 Å². The largest absolute Gasteiger partial charge is 0.332 e. The molecule has 0 unspecified atom stereocenters. The van der Waals surface area contributed by atoms with E-state index in [1.54, 1.807) is 6.08 Å². The summed E-state index contributed by atoms with van der Waals surface area (Å²) in [6.07, 6.45) is 5.74. The Bertz CT molecular complexity index is 225. The summed E-state index contributed by atoms with van der Waals surface area (Å²) in [7, 11) is 1.53. The second-order valence-corrected chi connectivity index (χ2v) is 4.29. The summed E-state index contributed by atoms with van der Waals surface area (Å²) in [4.78, 5) is 21.2. The Kier molecular flexibility index (Phi) is 10.5. The first kappa shape index (κ1) is 15.4. The summed E-state index contributed by atoms with van der Waals surface area (Å²) >= 11 is 0. The lowest BCUT2D eigenvalue weighted by atomic mass is 10.2. The molecule has 6 heteroatoms. The number of hydrogen-bond donors (Lipinski definition) is 0. The number of rotatable bonds is 10. The molecular weight excluding hydrogens is 231 g/mol. The normalized spacial score (nSPS) is 11.2. The number of Topliss-reactive ketones (excluding diaryl/α,β-unsaturated/α-hetero) is 1. The fraction of sp³-hybridized carbons (Fsp3) is 0.600. The molecule has 0 atom stereocenters. The SMILES string of the molecule is COP(OC)OCC(=O)CCC/C=C/C=O. The first-order chi connectivity index (χ1) is 7.74. The molecule has 0 amide bonds. The molecule has 0 spiro atoms. The molecule has 0 aliphatic carbocycles. The van der Waals surface area contributed by atoms with E-state index in [1.807, 2.05) is 0 Å². The van der Waals surface area contributed by atoms with E-state index < -0.39 is 8.60 Å². The molecule has 16 heavy (non-hydrogen) atoms. The average molecular weight is 248 g/mol. The van der Waals surface area contributed by atoms with Gasteiger partial charge < -0.3 is 13.6 Å². The molecule has 0 saturated heterocycles. The monoisotopic (exact) mass is 248 g/mol. The van der Waals surface area contributed by atoms with E-state index in [0.717, 1.165) is 6.29 Å². The zero-order valence-corrected chi connectivity index (χ0v) is 10.4. The number of hydrogen-bond acceptors (Lipinski definition) is 5. The van der Waals surface area contributed by atoms with Gasteiger partial charge in [0.1, 0.15) is 12.9 Å². The maximum Gasteiger partial charge on any atom is 0.332 e.